The molecule has 2 atom stereocenters. The van der Waals surface area contributed by atoms with Gasteiger partial charge in [-0.1, -0.05) is 6.07 Å². The summed E-state index contributed by atoms with van der Waals surface area (Å²) in [5.74, 6) is 0.871. The highest BCUT2D eigenvalue weighted by molar-refractivity contribution is 5.40. The van der Waals surface area contributed by atoms with E-state index in [0.29, 0.717) is 6.54 Å². The highest BCUT2D eigenvalue weighted by Gasteiger charge is 2.21. The number of rotatable bonds is 2. The molecule has 1 aromatic rings. The molecule has 0 aliphatic carbocycles. The number of anilines is 1. The van der Waals surface area contributed by atoms with Gasteiger partial charge in [-0.15, -0.1) is 0 Å². The Bertz CT molecular complexity index is 324. The van der Waals surface area contributed by atoms with Crippen LogP contribution in [0.15, 0.2) is 18.3 Å². The van der Waals surface area contributed by atoms with E-state index < -0.39 is 6.10 Å². The molecule has 1 fully saturated rings. The van der Waals surface area contributed by atoms with Crippen LogP contribution < -0.4 is 4.90 Å². The van der Waals surface area contributed by atoms with E-state index in [9.17, 15) is 10.2 Å². The third kappa shape index (κ3) is 2.27. The quantitative estimate of drug-likeness (QED) is 0.751. The molecule has 4 heteroatoms. The number of pyridine rings is 1. The molecule has 15 heavy (non-hydrogen) atoms. The predicted molar refractivity (Wildman–Crippen MR) is 57.7 cm³/mol. The largest absolute Gasteiger partial charge is 0.391 e. The molecule has 2 rings (SSSR count). The molecule has 0 amide bonds. The average molecular weight is 208 g/mol. The fourth-order valence-corrected chi connectivity index (χ4v) is 1.78. The van der Waals surface area contributed by atoms with Crippen LogP contribution in [0.3, 0.4) is 0 Å². The van der Waals surface area contributed by atoms with Gasteiger partial charge in [0.05, 0.1) is 12.2 Å². The number of nitrogens with zero attached hydrogens (tertiary/aromatic N) is 2. The Morgan fingerprint density at radius 3 is 2.80 bits per heavy atom. The van der Waals surface area contributed by atoms with Gasteiger partial charge in [0.2, 0.25) is 0 Å². The van der Waals surface area contributed by atoms with E-state index in [0.717, 1.165) is 24.3 Å². The van der Waals surface area contributed by atoms with Crippen molar-refractivity contribution in [1.82, 2.24) is 4.98 Å². The van der Waals surface area contributed by atoms with Gasteiger partial charge in [0.1, 0.15) is 5.82 Å². The summed E-state index contributed by atoms with van der Waals surface area (Å²) in [4.78, 5) is 6.32. The van der Waals surface area contributed by atoms with Crippen molar-refractivity contribution >= 4 is 5.82 Å². The number of aliphatic hydroxyl groups is 2. The van der Waals surface area contributed by atoms with E-state index >= 15 is 0 Å². The molecule has 1 aliphatic heterocycles. The average Bonchev–Trinajstić information content (AvgIpc) is 2.65. The molecule has 82 valence electrons. The SMILES string of the molecule is CC(O)c1ccc(N2CCC(O)C2)nc1. The summed E-state index contributed by atoms with van der Waals surface area (Å²) in [5.41, 5.74) is 0.818. The molecular weight excluding hydrogens is 192 g/mol. The van der Waals surface area contributed by atoms with Gasteiger partial charge in [-0.2, -0.15) is 0 Å². The first-order valence-corrected chi connectivity index (χ1v) is 5.24. The normalized spacial score (nSPS) is 23.1. The topological polar surface area (TPSA) is 56.6 Å². The van der Waals surface area contributed by atoms with Crippen molar-refractivity contribution in [2.24, 2.45) is 0 Å². The second kappa shape index (κ2) is 4.16. The van der Waals surface area contributed by atoms with Crippen molar-refractivity contribution in [1.29, 1.82) is 0 Å². The van der Waals surface area contributed by atoms with Crippen LogP contribution in [-0.2, 0) is 0 Å². The van der Waals surface area contributed by atoms with Crippen molar-refractivity contribution in [2.45, 2.75) is 25.6 Å². The van der Waals surface area contributed by atoms with Crippen LogP contribution in [0, 0.1) is 0 Å². The highest BCUT2D eigenvalue weighted by Crippen LogP contribution is 2.19. The van der Waals surface area contributed by atoms with E-state index in [1.165, 1.54) is 0 Å². The maximum absolute atomic E-state index is 9.39. The van der Waals surface area contributed by atoms with Crippen LogP contribution in [0.25, 0.3) is 0 Å². The zero-order valence-electron chi connectivity index (χ0n) is 8.80. The zero-order valence-corrected chi connectivity index (χ0v) is 8.80. The molecule has 1 aromatic heterocycles. The van der Waals surface area contributed by atoms with E-state index in [4.69, 9.17) is 0 Å². The van der Waals surface area contributed by atoms with Crippen LogP contribution in [-0.4, -0.2) is 34.4 Å². The van der Waals surface area contributed by atoms with E-state index in [1.807, 2.05) is 12.1 Å². The summed E-state index contributed by atoms with van der Waals surface area (Å²) in [6.07, 6.45) is 1.78. The number of aromatic nitrogens is 1. The third-order valence-corrected chi connectivity index (χ3v) is 2.74. The monoisotopic (exact) mass is 208 g/mol. The molecule has 1 aliphatic rings. The van der Waals surface area contributed by atoms with Gasteiger partial charge in [0.25, 0.3) is 0 Å². The van der Waals surface area contributed by atoms with Crippen molar-refractivity contribution in [3.05, 3.63) is 23.9 Å². The van der Waals surface area contributed by atoms with E-state index in [2.05, 4.69) is 9.88 Å². The number of hydrogen-bond donors (Lipinski definition) is 2. The molecule has 0 bridgehead atoms. The first-order valence-electron chi connectivity index (χ1n) is 5.24. The van der Waals surface area contributed by atoms with Crippen LogP contribution in [0.5, 0.6) is 0 Å². The van der Waals surface area contributed by atoms with Crippen LogP contribution in [0.2, 0.25) is 0 Å². The van der Waals surface area contributed by atoms with Gasteiger partial charge in [-0.05, 0) is 25.0 Å². The molecule has 0 spiro atoms. The van der Waals surface area contributed by atoms with Crippen LogP contribution in [0.1, 0.15) is 25.0 Å². The fourth-order valence-electron chi connectivity index (χ4n) is 1.78. The van der Waals surface area contributed by atoms with Crippen LogP contribution >= 0.6 is 0 Å². The minimum atomic E-state index is -0.476. The first-order chi connectivity index (χ1) is 7.16. The Morgan fingerprint density at radius 1 is 1.53 bits per heavy atom. The highest BCUT2D eigenvalue weighted by atomic mass is 16.3. The zero-order chi connectivity index (χ0) is 10.8. The van der Waals surface area contributed by atoms with Gasteiger partial charge in [-0.3, -0.25) is 0 Å². The van der Waals surface area contributed by atoms with Gasteiger partial charge < -0.3 is 15.1 Å². The summed E-state index contributed by atoms with van der Waals surface area (Å²) in [5, 5.41) is 18.7. The molecule has 2 unspecified atom stereocenters. The molecule has 1 saturated heterocycles. The molecule has 2 N–H and O–H groups in total. The maximum Gasteiger partial charge on any atom is 0.128 e. The lowest BCUT2D eigenvalue weighted by Crippen LogP contribution is -2.22. The molecule has 0 saturated carbocycles. The lowest BCUT2D eigenvalue weighted by molar-refractivity contribution is 0.197. The van der Waals surface area contributed by atoms with Gasteiger partial charge in [0.15, 0.2) is 0 Å². The number of β-amino-alcohol motifs (C(OH)–C–C–N with tert-alkyl or cyclic N) is 1. The van der Waals surface area contributed by atoms with Gasteiger partial charge >= 0.3 is 0 Å². The number of aliphatic hydroxyl groups excluding tert-OH is 2. The lowest BCUT2D eigenvalue weighted by atomic mass is 10.2. The Balaban J connectivity index is 2.10. The van der Waals surface area contributed by atoms with E-state index in [1.54, 1.807) is 13.1 Å². The number of hydrogen-bond acceptors (Lipinski definition) is 4. The molecule has 4 nitrogen and oxygen atoms in total. The Labute approximate surface area is 89.2 Å². The summed E-state index contributed by atoms with van der Waals surface area (Å²) >= 11 is 0. The minimum absolute atomic E-state index is 0.233. The summed E-state index contributed by atoms with van der Waals surface area (Å²) < 4.78 is 0. The Kier molecular flexibility index (Phi) is 2.88. The summed E-state index contributed by atoms with van der Waals surface area (Å²) in [6.45, 7) is 3.22. The van der Waals surface area contributed by atoms with Gasteiger partial charge in [-0.25, -0.2) is 4.98 Å². The summed E-state index contributed by atoms with van der Waals surface area (Å²) in [6, 6.07) is 3.76. The van der Waals surface area contributed by atoms with Crippen molar-refractivity contribution in [3.8, 4) is 0 Å². The second-order valence-electron chi connectivity index (χ2n) is 4.01. The molecule has 0 aromatic carbocycles. The van der Waals surface area contributed by atoms with Crippen molar-refractivity contribution in [3.63, 3.8) is 0 Å². The standard InChI is InChI=1S/C11H16N2O2/c1-8(14)9-2-3-11(12-6-9)13-5-4-10(15)7-13/h2-3,6,8,10,14-15H,4-5,7H2,1H3. The van der Waals surface area contributed by atoms with Crippen molar-refractivity contribution in [2.75, 3.05) is 18.0 Å². The fraction of sp³-hybridized carbons (Fsp3) is 0.545. The third-order valence-electron chi connectivity index (χ3n) is 2.74. The Morgan fingerprint density at radius 2 is 2.33 bits per heavy atom. The van der Waals surface area contributed by atoms with Crippen LogP contribution in [0.4, 0.5) is 5.82 Å². The smallest absolute Gasteiger partial charge is 0.128 e. The van der Waals surface area contributed by atoms with Crippen molar-refractivity contribution < 1.29 is 10.2 Å². The predicted octanol–water partition coefficient (Wildman–Crippen LogP) is 0.706. The molecular formula is C11H16N2O2. The van der Waals surface area contributed by atoms with E-state index in [-0.39, 0.29) is 6.10 Å². The second-order valence-corrected chi connectivity index (χ2v) is 4.01. The molecule has 2 heterocycles. The van der Waals surface area contributed by atoms with Gasteiger partial charge in [0, 0.05) is 19.3 Å². The lowest BCUT2D eigenvalue weighted by Gasteiger charge is -2.16. The minimum Gasteiger partial charge on any atom is -0.391 e. The first kappa shape index (κ1) is 10.4. The maximum atomic E-state index is 9.39. The molecule has 0 radical (unpaired) electrons. The summed E-state index contributed by atoms with van der Waals surface area (Å²) in [7, 11) is 0. The Hall–Kier alpha value is -1.13.